The highest BCUT2D eigenvalue weighted by atomic mass is 32.2. The third-order valence-corrected chi connectivity index (χ3v) is 3.93. The summed E-state index contributed by atoms with van der Waals surface area (Å²) in [7, 11) is -0.962. The van der Waals surface area contributed by atoms with Crippen molar-refractivity contribution in [1.82, 2.24) is 10.3 Å². The molecule has 3 N–H and O–H groups in total. The quantitative estimate of drug-likeness (QED) is 0.756. The summed E-state index contributed by atoms with van der Waals surface area (Å²) in [6.45, 7) is 2.15. The number of pyridine rings is 1. The van der Waals surface area contributed by atoms with Crippen molar-refractivity contribution in [2.24, 2.45) is 5.73 Å². The molecule has 0 radical (unpaired) electrons. The zero-order valence-corrected chi connectivity index (χ0v) is 11.8. The number of amides is 1. The van der Waals surface area contributed by atoms with E-state index >= 15 is 0 Å². The van der Waals surface area contributed by atoms with E-state index in [0.29, 0.717) is 12.1 Å². The number of carbonyl (C=O) groups excluding carboxylic acids is 1. The number of nitrogens with zero attached hydrogens (tertiary/aromatic N) is 1. The molecule has 0 spiro atoms. The Morgan fingerprint density at radius 1 is 1.61 bits per heavy atom. The summed E-state index contributed by atoms with van der Waals surface area (Å²) < 4.78 is 11.1. The molecule has 98 valence electrons. The van der Waals surface area contributed by atoms with Crippen LogP contribution in [-0.4, -0.2) is 38.1 Å². The van der Waals surface area contributed by atoms with Gasteiger partial charge in [0.1, 0.15) is 10.7 Å². The second-order valence-electron chi connectivity index (χ2n) is 3.82. The summed E-state index contributed by atoms with van der Waals surface area (Å²) in [6.07, 6.45) is 3.06. The fraction of sp³-hybridized carbons (Fsp3) is 0.364. The molecule has 2 unspecified atom stereocenters. The second-order valence-corrected chi connectivity index (χ2v) is 6.06. The Hall–Kier alpha value is -1.34. The third-order valence-electron chi connectivity index (χ3n) is 2.40. The number of carbonyl (C=O) groups is 1. The van der Waals surface area contributed by atoms with E-state index in [2.05, 4.69) is 10.3 Å². The largest absolute Gasteiger partial charge is 0.389 e. The van der Waals surface area contributed by atoms with Crippen molar-refractivity contribution in [2.75, 3.05) is 12.8 Å². The number of hydrogen-bond donors (Lipinski definition) is 2. The number of nitrogens with two attached hydrogens (primary N) is 1. The second kappa shape index (κ2) is 6.55. The topological polar surface area (TPSA) is 85.1 Å². The van der Waals surface area contributed by atoms with Crippen LogP contribution in [0.5, 0.6) is 0 Å². The predicted octanol–water partition coefficient (Wildman–Crippen LogP) is 0.213. The first-order valence-corrected chi connectivity index (χ1v) is 7.31. The van der Waals surface area contributed by atoms with Gasteiger partial charge < -0.3 is 11.1 Å². The van der Waals surface area contributed by atoms with E-state index in [1.807, 2.05) is 0 Å². The maximum atomic E-state index is 11.7. The monoisotopic (exact) mass is 285 g/mol. The van der Waals surface area contributed by atoms with Gasteiger partial charge in [-0.3, -0.25) is 14.0 Å². The molecular weight excluding hydrogens is 270 g/mol. The highest BCUT2D eigenvalue weighted by Gasteiger charge is 2.11. The van der Waals surface area contributed by atoms with Crippen LogP contribution in [-0.2, 0) is 10.8 Å². The zero-order chi connectivity index (χ0) is 13.7. The van der Waals surface area contributed by atoms with Gasteiger partial charge in [0, 0.05) is 40.6 Å². The van der Waals surface area contributed by atoms with Gasteiger partial charge in [0.25, 0.3) is 5.91 Å². The smallest absolute Gasteiger partial charge is 0.269 e. The van der Waals surface area contributed by atoms with Gasteiger partial charge in [0.2, 0.25) is 0 Å². The summed E-state index contributed by atoms with van der Waals surface area (Å²) in [5.74, 6) is -0.304. The molecule has 0 aliphatic carbocycles. The molecule has 0 fully saturated rings. The Bertz CT molecular complexity index is 474. The Morgan fingerprint density at radius 3 is 2.72 bits per heavy atom. The van der Waals surface area contributed by atoms with E-state index in [0.717, 1.165) is 0 Å². The average molecular weight is 285 g/mol. The van der Waals surface area contributed by atoms with Crippen molar-refractivity contribution < 1.29 is 9.00 Å². The number of thiocarbonyl (C=S) groups is 1. The number of nitrogens with one attached hydrogen (secondary N) is 1. The van der Waals surface area contributed by atoms with Crippen LogP contribution >= 0.6 is 12.2 Å². The molecule has 1 rings (SSSR count). The van der Waals surface area contributed by atoms with Crippen molar-refractivity contribution in [1.29, 1.82) is 0 Å². The predicted molar refractivity (Wildman–Crippen MR) is 76.0 cm³/mol. The molecule has 2 atom stereocenters. The Kier molecular flexibility index (Phi) is 5.36. The maximum absolute atomic E-state index is 11.7. The van der Waals surface area contributed by atoms with Crippen LogP contribution < -0.4 is 11.1 Å². The standard InChI is InChI=1S/C11H15N3O2S2/c1-7(18(2)16)5-14-11(15)9-4-3-8(6-13-9)10(12)17/h3-4,6-7H,5H2,1-2H3,(H2,12,17)(H,14,15). The number of aromatic nitrogens is 1. The molecule has 5 nitrogen and oxygen atoms in total. The van der Waals surface area contributed by atoms with Crippen molar-refractivity contribution >= 4 is 33.9 Å². The fourth-order valence-electron chi connectivity index (χ4n) is 1.12. The van der Waals surface area contributed by atoms with Crippen LogP contribution in [0.4, 0.5) is 0 Å². The van der Waals surface area contributed by atoms with Gasteiger partial charge in [0.05, 0.1) is 0 Å². The molecule has 0 aliphatic heterocycles. The molecule has 0 aromatic carbocycles. The summed E-state index contributed by atoms with van der Waals surface area (Å²) in [6, 6.07) is 3.20. The van der Waals surface area contributed by atoms with Gasteiger partial charge in [-0.15, -0.1) is 0 Å². The van der Waals surface area contributed by atoms with Gasteiger partial charge in [-0.05, 0) is 19.1 Å². The van der Waals surface area contributed by atoms with Crippen molar-refractivity contribution in [2.45, 2.75) is 12.2 Å². The molecule has 0 aliphatic rings. The first-order chi connectivity index (χ1) is 8.41. The van der Waals surface area contributed by atoms with E-state index in [-0.39, 0.29) is 21.8 Å². The van der Waals surface area contributed by atoms with Gasteiger partial charge in [-0.2, -0.15) is 0 Å². The molecular formula is C11H15N3O2S2. The van der Waals surface area contributed by atoms with Crippen LogP contribution in [0, 0.1) is 0 Å². The number of rotatable bonds is 5. The van der Waals surface area contributed by atoms with E-state index in [1.165, 1.54) is 6.20 Å². The number of hydrogen-bond acceptors (Lipinski definition) is 4. The lowest BCUT2D eigenvalue weighted by Gasteiger charge is -2.09. The summed E-state index contributed by atoms with van der Waals surface area (Å²) in [5.41, 5.74) is 6.33. The lowest BCUT2D eigenvalue weighted by molar-refractivity contribution is 0.0949. The van der Waals surface area contributed by atoms with Crippen LogP contribution in [0.25, 0.3) is 0 Å². The SMILES string of the molecule is CC(CNC(=O)c1ccc(C(N)=S)cn1)S(C)=O. The summed E-state index contributed by atoms with van der Waals surface area (Å²) in [5, 5.41) is 2.58. The minimum absolute atomic E-state index is 0.0927. The van der Waals surface area contributed by atoms with Crippen LogP contribution in [0.15, 0.2) is 18.3 Å². The van der Waals surface area contributed by atoms with Crippen molar-refractivity contribution in [3.05, 3.63) is 29.6 Å². The molecule has 1 aromatic rings. The molecule has 0 bridgehead atoms. The molecule has 1 heterocycles. The molecule has 0 saturated carbocycles. The van der Waals surface area contributed by atoms with E-state index in [9.17, 15) is 9.00 Å². The normalized spacial score (nSPS) is 13.7. The first kappa shape index (κ1) is 14.7. The molecule has 18 heavy (non-hydrogen) atoms. The van der Waals surface area contributed by atoms with Gasteiger partial charge in [0.15, 0.2) is 0 Å². The van der Waals surface area contributed by atoms with Gasteiger partial charge in [-0.1, -0.05) is 12.2 Å². The lowest BCUT2D eigenvalue weighted by atomic mass is 10.2. The molecule has 7 heteroatoms. The Balaban J connectivity index is 2.62. The van der Waals surface area contributed by atoms with Gasteiger partial charge in [-0.25, -0.2) is 0 Å². The van der Waals surface area contributed by atoms with Crippen LogP contribution in [0.1, 0.15) is 23.0 Å². The first-order valence-electron chi connectivity index (χ1n) is 5.28. The van der Waals surface area contributed by atoms with E-state index in [1.54, 1.807) is 25.3 Å². The van der Waals surface area contributed by atoms with E-state index < -0.39 is 10.8 Å². The highest BCUT2D eigenvalue weighted by molar-refractivity contribution is 7.84. The molecule has 1 aromatic heterocycles. The third kappa shape index (κ3) is 4.15. The van der Waals surface area contributed by atoms with Crippen molar-refractivity contribution in [3.63, 3.8) is 0 Å². The lowest BCUT2D eigenvalue weighted by Crippen LogP contribution is -2.33. The van der Waals surface area contributed by atoms with Crippen LogP contribution in [0.3, 0.4) is 0 Å². The fourth-order valence-corrected chi connectivity index (χ4v) is 1.56. The molecule has 1 amide bonds. The minimum Gasteiger partial charge on any atom is -0.389 e. The summed E-state index contributed by atoms with van der Waals surface area (Å²) >= 11 is 4.79. The van der Waals surface area contributed by atoms with Crippen LogP contribution in [0.2, 0.25) is 0 Å². The summed E-state index contributed by atoms with van der Waals surface area (Å²) in [4.78, 5) is 15.9. The molecule has 0 saturated heterocycles. The highest BCUT2D eigenvalue weighted by Crippen LogP contribution is 2.00. The van der Waals surface area contributed by atoms with Gasteiger partial charge >= 0.3 is 0 Å². The average Bonchev–Trinajstić information content (AvgIpc) is 2.35. The van der Waals surface area contributed by atoms with E-state index in [4.69, 9.17) is 18.0 Å². The maximum Gasteiger partial charge on any atom is 0.269 e. The Labute approximate surface area is 114 Å². The Morgan fingerprint density at radius 2 is 2.28 bits per heavy atom. The minimum atomic E-state index is -0.962. The zero-order valence-electron chi connectivity index (χ0n) is 10.2. The van der Waals surface area contributed by atoms with Crippen molar-refractivity contribution in [3.8, 4) is 0 Å².